The quantitative estimate of drug-likeness (QED) is 0.820. The number of hydrogen-bond donors (Lipinski definition) is 2. The number of anilines is 1. The number of methoxy groups -OCH3 is 1. The largest absolute Gasteiger partial charge is 0.369 e. The Hall–Kier alpha value is -1.36. The average molecular weight is 225 g/mol. The lowest BCUT2D eigenvalue weighted by Crippen LogP contribution is -2.41. The maximum absolute atomic E-state index is 12.0. The van der Waals surface area contributed by atoms with Gasteiger partial charge in [-0.1, -0.05) is 6.92 Å². The van der Waals surface area contributed by atoms with Gasteiger partial charge in [-0.15, -0.1) is 0 Å². The van der Waals surface area contributed by atoms with Crippen molar-refractivity contribution in [2.24, 2.45) is 0 Å². The summed E-state index contributed by atoms with van der Waals surface area (Å²) in [6, 6.07) is 0. The van der Waals surface area contributed by atoms with Gasteiger partial charge in [-0.2, -0.15) is 5.10 Å². The highest BCUT2D eigenvalue weighted by Crippen LogP contribution is 2.19. The second kappa shape index (κ2) is 4.65. The topological polar surface area (TPSA) is 67.0 Å². The van der Waals surface area contributed by atoms with Crippen LogP contribution < -0.4 is 5.32 Å². The third-order valence-corrected chi connectivity index (χ3v) is 3.09. The Kier molecular flexibility index (Phi) is 3.70. The van der Waals surface area contributed by atoms with Crippen molar-refractivity contribution in [1.29, 1.82) is 0 Å². The Morgan fingerprint density at radius 2 is 2.19 bits per heavy atom. The van der Waals surface area contributed by atoms with E-state index in [0.29, 0.717) is 12.2 Å². The van der Waals surface area contributed by atoms with Gasteiger partial charge in [0.05, 0.1) is 0 Å². The third-order valence-electron chi connectivity index (χ3n) is 3.09. The molecule has 1 aromatic heterocycles. The van der Waals surface area contributed by atoms with Crippen molar-refractivity contribution >= 4 is 11.7 Å². The van der Waals surface area contributed by atoms with Gasteiger partial charge < -0.3 is 10.1 Å². The number of aryl methyl sites for hydroxylation is 1. The molecule has 5 nitrogen and oxygen atoms in total. The fourth-order valence-corrected chi connectivity index (χ4v) is 1.24. The van der Waals surface area contributed by atoms with Gasteiger partial charge in [-0.25, -0.2) is 0 Å². The van der Waals surface area contributed by atoms with Crippen LogP contribution in [0.4, 0.5) is 5.82 Å². The van der Waals surface area contributed by atoms with Crippen LogP contribution in [0, 0.1) is 13.8 Å². The number of H-pyrrole nitrogens is 1. The highest BCUT2D eigenvalue weighted by Gasteiger charge is 2.31. The van der Waals surface area contributed by atoms with E-state index in [0.717, 1.165) is 11.3 Å². The van der Waals surface area contributed by atoms with E-state index < -0.39 is 5.60 Å². The number of carbonyl (C=O) groups is 1. The first-order valence-electron chi connectivity index (χ1n) is 5.32. The van der Waals surface area contributed by atoms with Gasteiger partial charge in [0.15, 0.2) is 5.82 Å². The van der Waals surface area contributed by atoms with Crippen LogP contribution in [0.25, 0.3) is 0 Å². The van der Waals surface area contributed by atoms with Gasteiger partial charge in [-0.05, 0) is 27.2 Å². The van der Waals surface area contributed by atoms with Gasteiger partial charge >= 0.3 is 0 Å². The number of nitrogens with zero attached hydrogens (tertiary/aromatic N) is 1. The van der Waals surface area contributed by atoms with Gasteiger partial charge in [0.2, 0.25) is 0 Å². The molecule has 1 atom stereocenters. The Bertz CT molecular complexity index is 381. The molecule has 0 bridgehead atoms. The summed E-state index contributed by atoms with van der Waals surface area (Å²) >= 11 is 0. The van der Waals surface area contributed by atoms with Crippen LogP contribution in [0.1, 0.15) is 31.5 Å². The van der Waals surface area contributed by atoms with E-state index in [-0.39, 0.29) is 5.91 Å². The number of ether oxygens (including phenoxy) is 1. The van der Waals surface area contributed by atoms with E-state index in [2.05, 4.69) is 15.5 Å². The van der Waals surface area contributed by atoms with E-state index in [1.807, 2.05) is 20.8 Å². The molecule has 1 rings (SSSR count). The molecule has 1 aromatic rings. The maximum Gasteiger partial charge on any atom is 0.257 e. The summed E-state index contributed by atoms with van der Waals surface area (Å²) in [5, 5.41) is 9.62. The summed E-state index contributed by atoms with van der Waals surface area (Å²) in [4.78, 5) is 12.0. The highest BCUT2D eigenvalue weighted by atomic mass is 16.5. The second-order valence-electron chi connectivity index (χ2n) is 4.06. The third kappa shape index (κ3) is 2.24. The zero-order valence-corrected chi connectivity index (χ0v) is 10.5. The lowest BCUT2D eigenvalue weighted by molar-refractivity contribution is -0.136. The van der Waals surface area contributed by atoms with E-state index in [1.54, 1.807) is 6.92 Å². The van der Waals surface area contributed by atoms with Crippen molar-refractivity contribution in [3.05, 3.63) is 11.3 Å². The fourth-order valence-electron chi connectivity index (χ4n) is 1.24. The van der Waals surface area contributed by atoms with Gasteiger partial charge in [0.25, 0.3) is 5.91 Å². The van der Waals surface area contributed by atoms with Crippen molar-refractivity contribution in [3.8, 4) is 0 Å². The molecule has 2 N–H and O–H groups in total. The van der Waals surface area contributed by atoms with Crippen LogP contribution in [-0.4, -0.2) is 28.8 Å². The minimum atomic E-state index is -0.806. The van der Waals surface area contributed by atoms with Crippen LogP contribution in [0.15, 0.2) is 0 Å². The maximum atomic E-state index is 12.0. The number of aromatic nitrogens is 2. The van der Waals surface area contributed by atoms with E-state index in [9.17, 15) is 4.79 Å². The zero-order valence-electron chi connectivity index (χ0n) is 10.5. The van der Waals surface area contributed by atoms with E-state index in [4.69, 9.17) is 4.74 Å². The van der Waals surface area contributed by atoms with Gasteiger partial charge in [0, 0.05) is 18.4 Å². The van der Waals surface area contributed by atoms with Crippen molar-refractivity contribution in [2.75, 3.05) is 12.4 Å². The highest BCUT2D eigenvalue weighted by molar-refractivity contribution is 5.96. The predicted molar refractivity (Wildman–Crippen MR) is 62.4 cm³/mol. The van der Waals surface area contributed by atoms with Crippen molar-refractivity contribution in [3.63, 3.8) is 0 Å². The molecule has 16 heavy (non-hydrogen) atoms. The summed E-state index contributed by atoms with van der Waals surface area (Å²) in [6.07, 6.45) is 0.609. The number of carbonyl (C=O) groups excluding carboxylic acids is 1. The molecule has 1 unspecified atom stereocenters. The average Bonchev–Trinajstić information content (AvgIpc) is 2.59. The first-order valence-corrected chi connectivity index (χ1v) is 5.32. The fraction of sp³-hybridized carbons (Fsp3) is 0.636. The minimum Gasteiger partial charge on any atom is -0.369 e. The molecular weight excluding hydrogens is 206 g/mol. The molecule has 0 aliphatic carbocycles. The Labute approximate surface area is 95.6 Å². The van der Waals surface area contributed by atoms with Gasteiger partial charge in [0.1, 0.15) is 5.60 Å². The minimum absolute atomic E-state index is 0.174. The standard InChI is InChI=1S/C11H19N3O2/c1-6-11(4,16-5)10(15)12-9-7(2)8(3)13-14-9/h6H2,1-5H3,(H2,12,13,14,15). The van der Waals surface area contributed by atoms with Crippen molar-refractivity contribution in [1.82, 2.24) is 10.2 Å². The molecular formula is C11H19N3O2. The van der Waals surface area contributed by atoms with Crippen LogP contribution in [0.5, 0.6) is 0 Å². The number of hydrogen-bond acceptors (Lipinski definition) is 3. The van der Waals surface area contributed by atoms with Crippen molar-refractivity contribution in [2.45, 2.75) is 39.7 Å². The summed E-state index contributed by atoms with van der Waals surface area (Å²) in [5.74, 6) is 0.395. The van der Waals surface area contributed by atoms with Gasteiger partial charge in [-0.3, -0.25) is 9.89 Å². The van der Waals surface area contributed by atoms with Crippen molar-refractivity contribution < 1.29 is 9.53 Å². The van der Waals surface area contributed by atoms with E-state index in [1.165, 1.54) is 7.11 Å². The molecule has 0 saturated heterocycles. The molecule has 0 spiro atoms. The normalized spacial score (nSPS) is 14.6. The first-order chi connectivity index (χ1) is 7.44. The summed E-state index contributed by atoms with van der Waals surface area (Å²) in [6.45, 7) is 7.49. The van der Waals surface area contributed by atoms with Crippen LogP contribution in [-0.2, 0) is 9.53 Å². The number of amides is 1. The Morgan fingerprint density at radius 3 is 2.56 bits per heavy atom. The van der Waals surface area contributed by atoms with Crippen LogP contribution >= 0.6 is 0 Å². The molecule has 1 heterocycles. The lowest BCUT2D eigenvalue weighted by Gasteiger charge is -2.24. The molecule has 1 amide bonds. The summed E-state index contributed by atoms with van der Waals surface area (Å²) < 4.78 is 5.22. The molecule has 0 radical (unpaired) electrons. The molecule has 5 heteroatoms. The molecule has 90 valence electrons. The second-order valence-corrected chi connectivity index (χ2v) is 4.06. The molecule has 0 fully saturated rings. The van der Waals surface area contributed by atoms with E-state index >= 15 is 0 Å². The Balaban J connectivity index is 2.82. The summed E-state index contributed by atoms with van der Waals surface area (Å²) in [7, 11) is 1.53. The smallest absolute Gasteiger partial charge is 0.257 e. The number of nitrogens with one attached hydrogen (secondary N) is 2. The predicted octanol–water partition coefficient (Wildman–Crippen LogP) is 1.78. The Morgan fingerprint density at radius 1 is 1.56 bits per heavy atom. The number of rotatable bonds is 4. The van der Waals surface area contributed by atoms with Crippen LogP contribution in [0.2, 0.25) is 0 Å². The first kappa shape index (κ1) is 12.7. The summed E-state index contributed by atoms with van der Waals surface area (Å²) in [5.41, 5.74) is 1.09. The number of aromatic amines is 1. The SMILES string of the molecule is CCC(C)(OC)C(=O)Nc1n[nH]c(C)c1C. The van der Waals surface area contributed by atoms with Crippen LogP contribution in [0.3, 0.4) is 0 Å². The zero-order chi connectivity index (χ0) is 12.3. The molecule has 0 aliphatic heterocycles. The molecule has 0 aliphatic rings. The molecule has 0 saturated carbocycles. The lowest BCUT2D eigenvalue weighted by atomic mass is 10.0. The monoisotopic (exact) mass is 225 g/mol. The molecule has 0 aromatic carbocycles.